The van der Waals surface area contributed by atoms with E-state index in [2.05, 4.69) is 10.1 Å². The average Bonchev–Trinajstić information content (AvgIpc) is 3.28. The highest BCUT2D eigenvalue weighted by Gasteiger charge is 2.13. The second kappa shape index (κ2) is 7.18. The summed E-state index contributed by atoms with van der Waals surface area (Å²) in [7, 11) is 5.01. The second-order valence-corrected chi connectivity index (χ2v) is 5.60. The van der Waals surface area contributed by atoms with E-state index >= 15 is 0 Å². The molecule has 2 aromatic heterocycles. The van der Waals surface area contributed by atoms with Gasteiger partial charge in [0.1, 0.15) is 17.3 Å². The molecule has 1 aromatic carbocycles. The van der Waals surface area contributed by atoms with Crippen LogP contribution in [0, 0.1) is 0 Å². The molecular weight excluding hydrogens is 326 g/mol. The van der Waals surface area contributed by atoms with Crippen molar-refractivity contribution in [3.63, 3.8) is 0 Å². The van der Waals surface area contributed by atoms with E-state index in [0.29, 0.717) is 5.76 Å². The summed E-state index contributed by atoms with van der Waals surface area (Å²) >= 11 is 1.50. The molecule has 0 fully saturated rings. The van der Waals surface area contributed by atoms with Gasteiger partial charge in [0.25, 0.3) is 0 Å². The van der Waals surface area contributed by atoms with E-state index < -0.39 is 0 Å². The monoisotopic (exact) mass is 343 g/mol. The van der Waals surface area contributed by atoms with Crippen molar-refractivity contribution in [3.05, 3.63) is 52.5 Å². The van der Waals surface area contributed by atoms with Crippen LogP contribution in [0.2, 0.25) is 0 Å². The van der Waals surface area contributed by atoms with Gasteiger partial charge in [-0.1, -0.05) is 0 Å². The number of furan rings is 1. The Hall–Kier alpha value is -2.80. The van der Waals surface area contributed by atoms with Crippen LogP contribution in [0.15, 0.2) is 56.5 Å². The molecule has 0 unspecified atom stereocenters. The van der Waals surface area contributed by atoms with Gasteiger partial charge in [-0.05, 0) is 30.3 Å². The van der Waals surface area contributed by atoms with E-state index in [4.69, 9.17) is 13.9 Å². The van der Waals surface area contributed by atoms with Crippen LogP contribution in [0.5, 0.6) is 11.5 Å². The number of hydrogen-bond acceptors (Lipinski definition) is 6. The third-order valence-electron chi connectivity index (χ3n) is 3.40. The number of aromatic nitrogens is 1. The fourth-order valence-corrected chi connectivity index (χ4v) is 3.04. The zero-order valence-corrected chi connectivity index (χ0v) is 14.4. The predicted octanol–water partition coefficient (Wildman–Crippen LogP) is 3.24. The third-order valence-corrected chi connectivity index (χ3v) is 4.31. The Morgan fingerprint density at radius 1 is 1.21 bits per heavy atom. The molecule has 0 aliphatic carbocycles. The topological polar surface area (TPSA) is 61.2 Å². The first-order chi connectivity index (χ1) is 11.8. The van der Waals surface area contributed by atoms with Crippen LogP contribution >= 0.6 is 11.3 Å². The van der Waals surface area contributed by atoms with E-state index in [1.165, 1.54) is 11.3 Å². The van der Waals surface area contributed by atoms with Gasteiger partial charge in [0.05, 0.1) is 32.4 Å². The maximum Gasteiger partial charge on any atom is 0.205 e. The molecule has 0 saturated carbocycles. The van der Waals surface area contributed by atoms with Gasteiger partial charge in [0, 0.05) is 18.0 Å². The summed E-state index contributed by atoms with van der Waals surface area (Å²) in [5, 5.41) is 6.49. The first-order valence-corrected chi connectivity index (χ1v) is 8.08. The minimum absolute atomic E-state index is 0.666. The highest BCUT2D eigenvalue weighted by atomic mass is 32.1. The van der Waals surface area contributed by atoms with Gasteiger partial charge in [-0.25, -0.2) is 4.68 Å². The Morgan fingerprint density at radius 2 is 2.08 bits per heavy atom. The number of hydrogen-bond donors (Lipinski definition) is 0. The quantitative estimate of drug-likeness (QED) is 0.668. The molecule has 0 aliphatic rings. The lowest BCUT2D eigenvalue weighted by atomic mass is 10.1. The van der Waals surface area contributed by atoms with E-state index in [-0.39, 0.29) is 0 Å². The Morgan fingerprint density at radius 3 is 2.75 bits per heavy atom. The standard InChI is InChI=1S/C17H17N3O3S/c1-18-17-20(19-10-13-5-4-8-23-13)15(11-24-17)14-9-12(21-2)6-7-16(14)22-3/h4-11H,1-3H3. The molecule has 0 aliphatic heterocycles. The molecule has 124 valence electrons. The fraction of sp³-hybridized carbons (Fsp3) is 0.176. The molecule has 3 rings (SSSR count). The zero-order valence-electron chi connectivity index (χ0n) is 13.6. The normalized spacial score (nSPS) is 12.0. The van der Waals surface area contributed by atoms with Crippen LogP contribution in [-0.2, 0) is 0 Å². The molecule has 7 heteroatoms. The SMILES string of the molecule is CN=c1scc(-c2cc(OC)ccc2OC)n1N=Cc1ccco1. The minimum atomic E-state index is 0.666. The summed E-state index contributed by atoms with van der Waals surface area (Å²) < 4.78 is 17.9. The average molecular weight is 343 g/mol. The largest absolute Gasteiger partial charge is 0.497 e. The lowest BCUT2D eigenvalue weighted by molar-refractivity contribution is 0.404. The van der Waals surface area contributed by atoms with E-state index in [0.717, 1.165) is 27.6 Å². The zero-order chi connectivity index (χ0) is 16.9. The van der Waals surface area contributed by atoms with Gasteiger partial charge in [-0.3, -0.25) is 4.99 Å². The molecule has 6 nitrogen and oxygen atoms in total. The van der Waals surface area contributed by atoms with Crippen LogP contribution < -0.4 is 14.3 Å². The van der Waals surface area contributed by atoms with Crippen LogP contribution in [0.4, 0.5) is 0 Å². The Bertz CT molecular complexity index is 908. The molecule has 0 bridgehead atoms. The number of benzene rings is 1. The van der Waals surface area contributed by atoms with Crippen molar-refractivity contribution in [1.82, 2.24) is 4.68 Å². The van der Waals surface area contributed by atoms with Gasteiger partial charge in [0.15, 0.2) is 0 Å². The van der Waals surface area contributed by atoms with Crippen molar-refractivity contribution in [1.29, 1.82) is 0 Å². The van der Waals surface area contributed by atoms with Crippen molar-refractivity contribution in [2.75, 3.05) is 21.3 Å². The fourth-order valence-electron chi connectivity index (χ4n) is 2.24. The molecule has 0 spiro atoms. The minimum Gasteiger partial charge on any atom is -0.497 e. The molecule has 0 saturated heterocycles. The summed E-state index contributed by atoms with van der Waals surface area (Å²) in [5.74, 6) is 2.14. The van der Waals surface area contributed by atoms with E-state index in [1.54, 1.807) is 38.4 Å². The van der Waals surface area contributed by atoms with Crippen LogP contribution in [0.25, 0.3) is 11.3 Å². The summed E-state index contributed by atoms with van der Waals surface area (Å²) in [6, 6.07) is 9.30. The maximum atomic E-state index is 5.48. The van der Waals surface area contributed by atoms with Crippen molar-refractivity contribution in [3.8, 4) is 22.8 Å². The number of thiazole rings is 1. The smallest absolute Gasteiger partial charge is 0.205 e. The molecule has 0 amide bonds. The van der Waals surface area contributed by atoms with Crippen LogP contribution in [-0.4, -0.2) is 32.2 Å². The Labute approximate surface area is 143 Å². The Kier molecular flexibility index (Phi) is 4.81. The van der Waals surface area contributed by atoms with Crippen molar-refractivity contribution >= 4 is 17.6 Å². The van der Waals surface area contributed by atoms with Gasteiger partial charge in [-0.15, -0.1) is 11.3 Å². The first kappa shape index (κ1) is 16.1. The van der Waals surface area contributed by atoms with Gasteiger partial charge >= 0.3 is 0 Å². The Balaban J connectivity index is 2.14. The molecule has 24 heavy (non-hydrogen) atoms. The molecule has 2 heterocycles. The number of nitrogens with zero attached hydrogens (tertiary/aromatic N) is 3. The van der Waals surface area contributed by atoms with Crippen LogP contribution in [0.3, 0.4) is 0 Å². The molecule has 3 aromatic rings. The molecule has 0 N–H and O–H groups in total. The van der Waals surface area contributed by atoms with Crippen molar-refractivity contribution in [2.45, 2.75) is 0 Å². The predicted molar refractivity (Wildman–Crippen MR) is 94.0 cm³/mol. The van der Waals surface area contributed by atoms with Gasteiger partial charge in [0.2, 0.25) is 4.80 Å². The number of rotatable bonds is 5. The van der Waals surface area contributed by atoms with Gasteiger partial charge < -0.3 is 13.9 Å². The summed E-state index contributed by atoms with van der Waals surface area (Å²) in [4.78, 5) is 5.04. The summed E-state index contributed by atoms with van der Waals surface area (Å²) in [6.45, 7) is 0. The highest BCUT2D eigenvalue weighted by molar-refractivity contribution is 7.07. The molecular formula is C17H17N3O3S. The third kappa shape index (κ3) is 3.11. The molecule has 0 atom stereocenters. The highest BCUT2D eigenvalue weighted by Crippen LogP contribution is 2.33. The number of ether oxygens (including phenoxy) is 2. The van der Waals surface area contributed by atoms with Crippen LogP contribution in [0.1, 0.15) is 5.76 Å². The lowest BCUT2D eigenvalue weighted by Gasteiger charge is -2.10. The van der Waals surface area contributed by atoms with Crippen molar-refractivity contribution in [2.24, 2.45) is 10.1 Å². The van der Waals surface area contributed by atoms with E-state index in [9.17, 15) is 0 Å². The number of methoxy groups -OCH3 is 2. The van der Waals surface area contributed by atoms with E-state index in [1.807, 2.05) is 35.7 Å². The lowest BCUT2D eigenvalue weighted by Crippen LogP contribution is -2.11. The maximum absolute atomic E-state index is 5.48. The summed E-state index contributed by atoms with van der Waals surface area (Å²) in [5.41, 5.74) is 1.73. The second-order valence-electron chi connectivity index (χ2n) is 4.77. The van der Waals surface area contributed by atoms with Crippen molar-refractivity contribution < 1.29 is 13.9 Å². The first-order valence-electron chi connectivity index (χ1n) is 7.20. The summed E-state index contributed by atoms with van der Waals surface area (Å²) in [6.07, 6.45) is 3.26. The van der Waals surface area contributed by atoms with Gasteiger partial charge in [-0.2, -0.15) is 5.10 Å². The molecule has 0 radical (unpaired) electrons.